The van der Waals surface area contributed by atoms with Crippen LogP contribution in [-0.2, 0) is 17.6 Å². The van der Waals surface area contributed by atoms with Crippen LogP contribution in [0.5, 0.6) is 11.5 Å². The van der Waals surface area contributed by atoms with Gasteiger partial charge < -0.3 is 24.2 Å². The van der Waals surface area contributed by atoms with Crippen molar-refractivity contribution in [2.45, 2.75) is 64.3 Å². The number of hydrogen-bond donors (Lipinski definition) is 1. The fraction of sp³-hybridized carbons (Fsp3) is 0.556. The van der Waals surface area contributed by atoms with Crippen LogP contribution in [0.1, 0.15) is 50.2 Å². The molecule has 0 saturated carbocycles. The Hall–Kier alpha value is -2.08. The Labute approximate surface area is 194 Å². The number of aliphatic hydroxyl groups excluding tert-OH is 1. The van der Waals surface area contributed by atoms with E-state index < -0.39 is 6.29 Å². The van der Waals surface area contributed by atoms with Crippen LogP contribution in [0.15, 0.2) is 48.5 Å². The quantitative estimate of drug-likeness (QED) is 0.289. The van der Waals surface area contributed by atoms with E-state index in [1.54, 1.807) is 7.11 Å². The highest BCUT2D eigenvalue weighted by Gasteiger charge is 2.17. The first kappa shape index (κ1) is 26.2. The molecule has 0 heterocycles. The molecule has 2 aromatic carbocycles. The van der Waals surface area contributed by atoms with Crippen molar-refractivity contribution in [2.24, 2.45) is 0 Å². The molecule has 0 fully saturated rings. The van der Waals surface area contributed by atoms with Crippen LogP contribution in [0.2, 0.25) is 0 Å². The van der Waals surface area contributed by atoms with Gasteiger partial charge in [-0.15, -0.1) is 0 Å². The summed E-state index contributed by atoms with van der Waals surface area (Å²) in [7, 11) is 5.70. The smallest absolute Gasteiger partial charge is 0.155 e. The third-order valence-corrected chi connectivity index (χ3v) is 5.46. The van der Waals surface area contributed by atoms with Gasteiger partial charge in [-0.3, -0.25) is 0 Å². The first-order chi connectivity index (χ1) is 15.5. The summed E-state index contributed by atoms with van der Waals surface area (Å²) in [6.45, 7) is 3.29. The molecule has 32 heavy (non-hydrogen) atoms. The number of likely N-dealkylation sites (N-methyl/N-ethyl adjacent to an activating group) is 1. The van der Waals surface area contributed by atoms with Crippen molar-refractivity contribution in [3.8, 4) is 11.5 Å². The number of para-hydroxylation sites is 1. The molecule has 178 valence electrons. The second kappa shape index (κ2) is 14.9. The number of unbranched alkanes of at least 4 members (excludes halogenated alkanes) is 3. The minimum atomic E-state index is -0.745. The van der Waals surface area contributed by atoms with Crippen molar-refractivity contribution in [3.63, 3.8) is 0 Å². The molecule has 2 aromatic rings. The number of aliphatic hydroxyl groups is 1. The zero-order valence-electron chi connectivity index (χ0n) is 20.3. The summed E-state index contributed by atoms with van der Waals surface area (Å²) in [5, 5.41) is 10.3. The van der Waals surface area contributed by atoms with Crippen LogP contribution < -0.4 is 9.47 Å². The van der Waals surface area contributed by atoms with E-state index in [2.05, 4.69) is 30.0 Å². The monoisotopic (exact) mass is 443 g/mol. The number of rotatable bonds is 16. The Morgan fingerprint density at radius 3 is 2.38 bits per heavy atom. The number of methoxy groups -OCH3 is 1. The molecule has 1 N–H and O–H groups in total. The van der Waals surface area contributed by atoms with E-state index in [9.17, 15) is 5.11 Å². The largest absolute Gasteiger partial charge is 0.497 e. The topological polar surface area (TPSA) is 51.2 Å². The molecule has 0 aliphatic rings. The molecule has 0 aromatic heterocycles. The lowest BCUT2D eigenvalue weighted by Gasteiger charge is -2.25. The van der Waals surface area contributed by atoms with Gasteiger partial charge in [-0.1, -0.05) is 56.5 Å². The van der Waals surface area contributed by atoms with Crippen molar-refractivity contribution < 1.29 is 19.3 Å². The van der Waals surface area contributed by atoms with Crippen LogP contribution in [0.4, 0.5) is 0 Å². The fourth-order valence-electron chi connectivity index (χ4n) is 3.68. The molecule has 2 atom stereocenters. The van der Waals surface area contributed by atoms with Gasteiger partial charge in [0.15, 0.2) is 6.29 Å². The van der Waals surface area contributed by atoms with Crippen LogP contribution >= 0.6 is 0 Å². The fourth-order valence-corrected chi connectivity index (χ4v) is 3.68. The van der Waals surface area contributed by atoms with Gasteiger partial charge in [0.05, 0.1) is 7.11 Å². The normalized spacial score (nSPS) is 13.2. The Balaban J connectivity index is 1.90. The van der Waals surface area contributed by atoms with E-state index in [1.165, 1.54) is 24.0 Å². The number of hydrogen-bond acceptors (Lipinski definition) is 5. The predicted octanol–water partition coefficient (Wildman–Crippen LogP) is 5.09. The SMILES string of the molecule is CCCCCCC(O)OC(COc1ccccc1CCc1ccc(OC)cc1)CN(C)C. The molecule has 0 saturated heterocycles. The highest BCUT2D eigenvalue weighted by atomic mass is 16.6. The highest BCUT2D eigenvalue weighted by Crippen LogP contribution is 2.22. The van der Waals surface area contributed by atoms with Gasteiger partial charge in [-0.25, -0.2) is 0 Å². The predicted molar refractivity (Wildman–Crippen MR) is 131 cm³/mol. The molecule has 0 aliphatic heterocycles. The molecule has 0 bridgehead atoms. The van der Waals surface area contributed by atoms with Crippen molar-refractivity contribution in [3.05, 3.63) is 59.7 Å². The average molecular weight is 444 g/mol. The Bertz CT molecular complexity index is 748. The summed E-state index contributed by atoms with van der Waals surface area (Å²) in [4.78, 5) is 2.06. The second-order valence-electron chi connectivity index (χ2n) is 8.59. The number of benzene rings is 2. The molecule has 2 rings (SSSR count). The third-order valence-electron chi connectivity index (χ3n) is 5.46. The molecule has 0 amide bonds. The Kier molecular flexibility index (Phi) is 12.2. The maximum atomic E-state index is 10.3. The summed E-state index contributed by atoms with van der Waals surface area (Å²) >= 11 is 0. The van der Waals surface area contributed by atoms with E-state index in [1.807, 2.05) is 44.4 Å². The standard InChI is InChI=1S/C27H41NO4/c1-5-6-7-8-13-27(29)32-25(20-28(2)3)21-31-26-12-10-9-11-23(26)17-14-22-15-18-24(30-4)19-16-22/h9-12,15-16,18-19,25,27,29H,5-8,13-14,17,20-21H2,1-4H3. The lowest BCUT2D eigenvalue weighted by molar-refractivity contribution is -0.151. The Morgan fingerprint density at radius 2 is 1.69 bits per heavy atom. The van der Waals surface area contributed by atoms with Gasteiger partial charge in [0.2, 0.25) is 0 Å². The van der Waals surface area contributed by atoms with E-state index in [4.69, 9.17) is 14.2 Å². The maximum absolute atomic E-state index is 10.3. The van der Waals surface area contributed by atoms with E-state index in [0.717, 1.165) is 37.2 Å². The third kappa shape index (κ3) is 10.0. The minimum absolute atomic E-state index is 0.194. The Morgan fingerprint density at radius 1 is 0.938 bits per heavy atom. The molecule has 0 aliphatic carbocycles. The van der Waals surface area contributed by atoms with Gasteiger partial charge >= 0.3 is 0 Å². The summed E-state index contributed by atoms with van der Waals surface area (Å²) in [5.74, 6) is 1.75. The average Bonchev–Trinajstić information content (AvgIpc) is 2.79. The van der Waals surface area contributed by atoms with Crippen LogP contribution in [0, 0.1) is 0 Å². The zero-order chi connectivity index (χ0) is 23.2. The minimum Gasteiger partial charge on any atom is -0.497 e. The summed E-state index contributed by atoms with van der Waals surface area (Å²) in [6, 6.07) is 16.4. The molecule has 5 heteroatoms. The zero-order valence-corrected chi connectivity index (χ0v) is 20.3. The molecular formula is C27H41NO4. The van der Waals surface area contributed by atoms with Crippen molar-refractivity contribution in [1.82, 2.24) is 4.90 Å². The first-order valence-electron chi connectivity index (χ1n) is 11.8. The molecule has 2 unspecified atom stereocenters. The van der Waals surface area contributed by atoms with Crippen molar-refractivity contribution in [1.29, 1.82) is 0 Å². The number of aryl methyl sites for hydroxylation is 2. The van der Waals surface area contributed by atoms with E-state index in [0.29, 0.717) is 19.6 Å². The summed E-state index contributed by atoms with van der Waals surface area (Å²) in [6.07, 6.45) is 6.05. The van der Waals surface area contributed by atoms with Crippen LogP contribution in [0.3, 0.4) is 0 Å². The van der Waals surface area contributed by atoms with Gasteiger partial charge in [0, 0.05) is 6.54 Å². The molecule has 5 nitrogen and oxygen atoms in total. The molecule has 0 spiro atoms. The lowest BCUT2D eigenvalue weighted by atomic mass is 10.0. The number of nitrogens with zero attached hydrogens (tertiary/aromatic N) is 1. The van der Waals surface area contributed by atoms with Crippen LogP contribution in [0.25, 0.3) is 0 Å². The maximum Gasteiger partial charge on any atom is 0.155 e. The van der Waals surface area contributed by atoms with E-state index >= 15 is 0 Å². The molecular weight excluding hydrogens is 402 g/mol. The lowest BCUT2D eigenvalue weighted by Crippen LogP contribution is -2.36. The highest BCUT2D eigenvalue weighted by molar-refractivity contribution is 5.35. The van der Waals surface area contributed by atoms with Gasteiger partial charge in [-0.2, -0.15) is 0 Å². The number of ether oxygens (including phenoxy) is 3. The second-order valence-corrected chi connectivity index (χ2v) is 8.59. The van der Waals surface area contributed by atoms with E-state index in [-0.39, 0.29) is 6.10 Å². The summed E-state index contributed by atoms with van der Waals surface area (Å²) in [5.41, 5.74) is 2.44. The van der Waals surface area contributed by atoms with Gasteiger partial charge in [-0.05, 0) is 69.1 Å². The van der Waals surface area contributed by atoms with Gasteiger partial charge in [0.25, 0.3) is 0 Å². The summed E-state index contributed by atoms with van der Waals surface area (Å²) < 4.78 is 17.4. The molecule has 0 radical (unpaired) electrons. The van der Waals surface area contributed by atoms with Crippen molar-refractivity contribution in [2.75, 3.05) is 34.4 Å². The first-order valence-corrected chi connectivity index (χ1v) is 11.8. The van der Waals surface area contributed by atoms with Gasteiger partial charge in [0.1, 0.15) is 24.2 Å². The van der Waals surface area contributed by atoms with Crippen LogP contribution in [-0.4, -0.2) is 56.8 Å². The van der Waals surface area contributed by atoms with Crippen molar-refractivity contribution >= 4 is 0 Å².